The van der Waals surface area contributed by atoms with Crippen LogP contribution in [0.5, 0.6) is 5.75 Å². The van der Waals surface area contributed by atoms with E-state index >= 15 is 0 Å². The van der Waals surface area contributed by atoms with E-state index in [0.717, 1.165) is 23.8 Å². The number of ether oxygens (including phenoxy) is 1. The fraction of sp³-hybridized carbons (Fsp3) is 0.0476. The van der Waals surface area contributed by atoms with Crippen LogP contribution in [0.1, 0.15) is 15.9 Å². The first-order chi connectivity index (χ1) is 13.9. The van der Waals surface area contributed by atoms with Gasteiger partial charge in [0.15, 0.2) is 0 Å². The highest BCUT2D eigenvalue weighted by atomic mass is 35.5. The number of hydrogen-bond donors (Lipinski definition) is 2. The van der Waals surface area contributed by atoms with Crippen molar-refractivity contribution in [2.75, 3.05) is 5.32 Å². The van der Waals surface area contributed by atoms with Gasteiger partial charge in [0.2, 0.25) is 0 Å². The second-order valence-electron chi connectivity index (χ2n) is 5.94. The summed E-state index contributed by atoms with van der Waals surface area (Å²) in [6.45, 7) is 0.305. The van der Waals surface area contributed by atoms with E-state index in [9.17, 15) is 18.4 Å². The lowest BCUT2D eigenvalue weighted by molar-refractivity contribution is 0.0959. The van der Waals surface area contributed by atoms with Crippen molar-refractivity contribution >= 4 is 29.2 Å². The number of amides is 3. The zero-order valence-corrected chi connectivity index (χ0v) is 15.7. The lowest BCUT2D eigenvalue weighted by atomic mass is 10.2. The molecule has 3 aromatic rings. The fourth-order valence-electron chi connectivity index (χ4n) is 2.42. The van der Waals surface area contributed by atoms with E-state index in [2.05, 4.69) is 5.32 Å². The molecular weight excluding hydrogens is 402 g/mol. The molecule has 29 heavy (non-hydrogen) atoms. The maximum absolute atomic E-state index is 13.6. The van der Waals surface area contributed by atoms with E-state index < -0.39 is 29.1 Å². The Bertz CT molecular complexity index is 1000. The van der Waals surface area contributed by atoms with Crippen LogP contribution in [-0.2, 0) is 6.61 Å². The van der Waals surface area contributed by atoms with Gasteiger partial charge in [0.25, 0.3) is 5.91 Å². The number of anilines is 1. The first-order valence-electron chi connectivity index (χ1n) is 8.46. The summed E-state index contributed by atoms with van der Waals surface area (Å²) in [6, 6.07) is 15.7. The Hall–Kier alpha value is -3.45. The molecule has 5 nitrogen and oxygen atoms in total. The van der Waals surface area contributed by atoms with E-state index in [1.807, 2.05) is 5.32 Å². The van der Waals surface area contributed by atoms with Crippen molar-refractivity contribution in [3.8, 4) is 5.75 Å². The van der Waals surface area contributed by atoms with Crippen molar-refractivity contribution in [1.29, 1.82) is 0 Å². The van der Waals surface area contributed by atoms with E-state index in [4.69, 9.17) is 16.3 Å². The molecule has 0 saturated carbocycles. The van der Waals surface area contributed by atoms with Crippen LogP contribution in [-0.4, -0.2) is 11.9 Å². The van der Waals surface area contributed by atoms with Crippen molar-refractivity contribution < 1.29 is 23.1 Å². The lowest BCUT2D eigenvalue weighted by Crippen LogP contribution is -2.35. The SMILES string of the molecule is O=C(NC(=O)c1c(F)cccc1F)Nc1ccc(COc2ccc(Cl)cc2)cc1. The first-order valence-corrected chi connectivity index (χ1v) is 8.84. The van der Waals surface area contributed by atoms with Crippen LogP contribution in [0.2, 0.25) is 5.02 Å². The van der Waals surface area contributed by atoms with Crippen molar-refractivity contribution in [3.05, 3.63) is 94.5 Å². The standard InChI is InChI=1S/C21H15ClF2N2O3/c22-14-6-10-16(11-7-14)29-12-13-4-8-15(9-5-13)25-21(28)26-20(27)19-17(23)2-1-3-18(19)24/h1-11H,12H2,(H2,25,26,27,28). The van der Waals surface area contributed by atoms with Gasteiger partial charge >= 0.3 is 6.03 Å². The van der Waals surface area contributed by atoms with Crippen LogP contribution in [0.15, 0.2) is 66.7 Å². The highest BCUT2D eigenvalue weighted by Gasteiger charge is 2.19. The van der Waals surface area contributed by atoms with Gasteiger partial charge < -0.3 is 10.1 Å². The number of carbonyl (C=O) groups excluding carboxylic acids is 2. The second-order valence-corrected chi connectivity index (χ2v) is 6.38. The van der Waals surface area contributed by atoms with Gasteiger partial charge in [0, 0.05) is 10.7 Å². The van der Waals surface area contributed by atoms with Crippen LogP contribution in [0.3, 0.4) is 0 Å². The molecule has 3 amide bonds. The summed E-state index contributed by atoms with van der Waals surface area (Å²) in [7, 11) is 0. The van der Waals surface area contributed by atoms with Gasteiger partial charge in [-0.25, -0.2) is 13.6 Å². The van der Waals surface area contributed by atoms with Gasteiger partial charge in [-0.1, -0.05) is 29.8 Å². The molecular formula is C21H15ClF2N2O3. The lowest BCUT2D eigenvalue weighted by Gasteiger charge is -2.09. The summed E-state index contributed by atoms with van der Waals surface area (Å²) in [5, 5.41) is 4.92. The highest BCUT2D eigenvalue weighted by Crippen LogP contribution is 2.18. The molecule has 0 aliphatic heterocycles. The maximum atomic E-state index is 13.6. The number of carbonyl (C=O) groups is 2. The Labute approximate surface area is 170 Å². The molecule has 3 aromatic carbocycles. The summed E-state index contributed by atoms with van der Waals surface area (Å²) in [5.41, 5.74) is 0.410. The molecule has 0 saturated heterocycles. The molecule has 0 fully saturated rings. The fourth-order valence-corrected chi connectivity index (χ4v) is 2.55. The molecule has 2 N–H and O–H groups in total. The second kappa shape index (κ2) is 9.16. The third-order valence-electron chi connectivity index (χ3n) is 3.85. The quantitative estimate of drug-likeness (QED) is 0.603. The summed E-state index contributed by atoms with van der Waals surface area (Å²) < 4.78 is 32.8. The number of halogens is 3. The molecule has 0 aromatic heterocycles. The number of nitrogens with one attached hydrogen (secondary N) is 2. The van der Waals surface area contributed by atoms with Crippen molar-refractivity contribution in [3.63, 3.8) is 0 Å². The summed E-state index contributed by atoms with van der Waals surface area (Å²) in [5.74, 6) is -2.62. The van der Waals surface area contributed by atoms with Gasteiger partial charge in [-0.3, -0.25) is 10.1 Å². The number of imide groups is 1. The largest absolute Gasteiger partial charge is 0.489 e. The third kappa shape index (κ3) is 5.52. The molecule has 0 radical (unpaired) electrons. The smallest absolute Gasteiger partial charge is 0.326 e. The molecule has 0 aliphatic carbocycles. The summed E-state index contributed by atoms with van der Waals surface area (Å²) in [4.78, 5) is 23.8. The van der Waals surface area contributed by atoms with E-state index in [-0.39, 0.29) is 0 Å². The number of rotatable bonds is 5. The van der Waals surface area contributed by atoms with Crippen LogP contribution in [0.4, 0.5) is 19.3 Å². The topological polar surface area (TPSA) is 67.4 Å². The van der Waals surface area contributed by atoms with Gasteiger partial charge in [-0.15, -0.1) is 0 Å². The van der Waals surface area contributed by atoms with Crippen LogP contribution in [0.25, 0.3) is 0 Å². The molecule has 0 bridgehead atoms. The minimum atomic E-state index is -1.17. The summed E-state index contributed by atoms with van der Waals surface area (Å²) >= 11 is 5.82. The Morgan fingerprint density at radius 1 is 0.897 bits per heavy atom. The van der Waals surface area contributed by atoms with Gasteiger partial charge in [0.1, 0.15) is 29.6 Å². The molecule has 0 spiro atoms. The Balaban J connectivity index is 1.54. The Morgan fingerprint density at radius 3 is 2.14 bits per heavy atom. The van der Waals surface area contributed by atoms with Gasteiger partial charge in [0.05, 0.1) is 0 Å². The molecule has 8 heteroatoms. The molecule has 0 unspecified atom stereocenters. The Morgan fingerprint density at radius 2 is 1.52 bits per heavy atom. The van der Waals surface area contributed by atoms with E-state index in [0.29, 0.717) is 23.1 Å². The number of hydrogen-bond acceptors (Lipinski definition) is 3. The molecule has 0 heterocycles. The Kier molecular flexibility index (Phi) is 6.41. The average Bonchev–Trinajstić information content (AvgIpc) is 2.68. The maximum Gasteiger partial charge on any atom is 0.326 e. The number of urea groups is 1. The number of benzene rings is 3. The van der Waals surface area contributed by atoms with Crippen LogP contribution < -0.4 is 15.4 Å². The zero-order chi connectivity index (χ0) is 20.8. The van der Waals surface area contributed by atoms with Gasteiger partial charge in [-0.2, -0.15) is 0 Å². The van der Waals surface area contributed by atoms with Gasteiger partial charge in [-0.05, 0) is 54.1 Å². The monoisotopic (exact) mass is 416 g/mol. The van der Waals surface area contributed by atoms with Crippen LogP contribution in [0, 0.1) is 11.6 Å². The van der Waals surface area contributed by atoms with Crippen molar-refractivity contribution in [2.45, 2.75) is 6.61 Å². The molecule has 3 rings (SSSR count). The minimum absolute atomic E-state index is 0.305. The van der Waals surface area contributed by atoms with Crippen molar-refractivity contribution in [1.82, 2.24) is 5.32 Å². The zero-order valence-electron chi connectivity index (χ0n) is 14.9. The van der Waals surface area contributed by atoms with E-state index in [1.54, 1.807) is 48.5 Å². The van der Waals surface area contributed by atoms with Crippen LogP contribution >= 0.6 is 11.6 Å². The minimum Gasteiger partial charge on any atom is -0.489 e. The normalized spacial score (nSPS) is 10.3. The van der Waals surface area contributed by atoms with Crippen molar-refractivity contribution in [2.24, 2.45) is 0 Å². The highest BCUT2D eigenvalue weighted by molar-refractivity contribution is 6.30. The molecule has 0 atom stereocenters. The summed E-state index contributed by atoms with van der Waals surface area (Å²) in [6.07, 6.45) is 0. The third-order valence-corrected chi connectivity index (χ3v) is 4.10. The predicted octanol–water partition coefficient (Wildman–Crippen LogP) is 5.16. The average molecular weight is 417 g/mol. The first kappa shape index (κ1) is 20.3. The van der Waals surface area contributed by atoms with E-state index in [1.165, 1.54) is 0 Å². The predicted molar refractivity (Wildman–Crippen MR) is 105 cm³/mol. The molecule has 148 valence electrons. The molecule has 0 aliphatic rings.